The lowest BCUT2D eigenvalue weighted by Gasteiger charge is -2.36. The van der Waals surface area contributed by atoms with Gasteiger partial charge in [0.1, 0.15) is 5.56 Å². The monoisotopic (exact) mass is 307 g/mol. The van der Waals surface area contributed by atoms with Crippen LogP contribution < -0.4 is 4.90 Å². The van der Waals surface area contributed by atoms with Crippen molar-refractivity contribution in [1.82, 2.24) is 4.90 Å². The standard InChI is InChI=1S/C15H21N3O4/c1-4-16-5-7-17(8-6-16)13-10-12(15(19)22-3)14(18(20)21)9-11(13)2/h9-10H,4-8H2,1-3H3. The van der Waals surface area contributed by atoms with Crippen LogP contribution in [-0.2, 0) is 4.74 Å². The molecule has 1 heterocycles. The number of likely N-dealkylation sites (N-methyl/N-ethyl adjacent to an activating group) is 1. The van der Waals surface area contributed by atoms with Gasteiger partial charge in [-0.15, -0.1) is 0 Å². The van der Waals surface area contributed by atoms with E-state index >= 15 is 0 Å². The molecule has 1 saturated heterocycles. The Hall–Kier alpha value is -2.15. The number of hydrogen-bond donors (Lipinski definition) is 0. The van der Waals surface area contributed by atoms with E-state index in [0.717, 1.165) is 44.0 Å². The molecule has 7 nitrogen and oxygen atoms in total. The first-order chi connectivity index (χ1) is 10.5. The molecule has 22 heavy (non-hydrogen) atoms. The number of benzene rings is 1. The first-order valence-corrected chi connectivity index (χ1v) is 7.32. The highest BCUT2D eigenvalue weighted by atomic mass is 16.6. The summed E-state index contributed by atoms with van der Waals surface area (Å²) in [6.07, 6.45) is 0. The third-order valence-corrected chi connectivity index (χ3v) is 4.08. The van der Waals surface area contributed by atoms with Crippen LogP contribution in [0.4, 0.5) is 11.4 Å². The van der Waals surface area contributed by atoms with E-state index < -0.39 is 10.9 Å². The van der Waals surface area contributed by atoms with Crippen LogP contribution in [0, 0.1) is 17.0 Å². The highest BCUT2D eigenvalue weighted by molar-refractivity contribution is 5.95. The Morgan fingerprint density at radius 2 is 1.95 bits per heavy atom. The lowest BCUT2D eigenvalue weighted by Crippen LogP contribution is -2.46. The van der Waals surface area contributed by atoms with Crippen LogP contribution >= 0.6 is 0 Å². The fourth-order valence-electron chi connectivity index (χ4n) is 2.75. The molecular weight excluding hydrogens is 286 g/mol. The van der Waals surface area contributed by atoms with Gasteiger partial charge in [-0.2, -0.15) is 0 Å². The van der Waals surface area contributed by atoms with Crippen LogP contribution in [0.2, 0.25) is 0 Å². The number of rotatable bonds is 4. The number of esters is 1. The van der Waals surface area contributed by atoms with E-state index in [4.69, 9.17) is 0 Å². The minimum absolute atomic E-state index is 0.00558. The first-order valence-electron chi connectivity index (χ1n) is 7.32. The van der Waals surface area contributed by atoms with Gasteiger partial charge in [-0.3, -0.25) is 10.1 Å². The normalized spacial score (nSPS) is 15.7. The Labute approximate surface area is 129 Å². The minimum atomic E-state index is -0.680. The quantitative estimate of drug-likeness (QED) is 0.480. The van der Waals surface area contributed by atoms with Crippen molar-refractivity contribution in [1.29, 1.82) is 0 Å². The number of carbonyl (C=O) groups is 1. The molecule has 120 valence electrons. The van der Waals surface area contributed by atoms with Gasteiger partial charge in [0, 0.05) is 37.9 Å². The van der Waals surface area contributed by atoms with Crippen molar-refractivity contribution in [3.8, 4) is 0 Å². The molecule has 0 unspecified atom stereocenters. The lowest BCUT2D eigenvalue weighted by molar-refractivity contribution is -0.385. The maximum absolute atomic E-state index is 11.8. The summed E-state index contributed by atoms with van der Waals surface area (Å²) in [5.41, 5.74) is 1.46. The summed E-state index contributed by atoms with van der Waals surface area (Å²) in [5, 5.41) is 11.1. The molecule has 0 aliphatic carbocycles. The van der Waals surface area contributed by atoms with E-state index in [0.29, 0.717) is 0 Å². The number of nitrogens with zero attached hydrogens (tertiary/aromatic N) is 3. The average Bonchev–Trinajstić information content (AvgIpc) is 2.54. The second-order valence-corrected chi connectivity index (χ2v) is 5.33. The van der Waals surface area contributed by atoms with E-state index in [1.807, 2.05) is 6.92 Å². The maximum atomic E-state index is 11.8. The Balaban J connectivity index is 2.36. The molecule has 2 rings (SSSR count). The van der Waals surface area contributed by atoms with Gasteiger partial charge in [0.05, 0.1) is 12.0 Å². The number of aryl methyl sites for hydroxylation is 1. The van der Waals surface area contributed by atoms with Gasteiger partial charge < -0.3 is 14.5 Å². The highest BCUT2D eigenvalue weighted by Crippen LogP contribution is 2.30. The largest absolute Gasteiger partial charge is 0.465 e. The number of ether oxygens (including phenoxy) is 1. The van der Waals surface area contributed by atoms with Crippen LogP contribution in [0.1, 0.15) is 22.8 Å². The van der Waals surface area contributed by atoms with Crippen LogP contribution in [-0.4, -0.2) is 55.6 Å². The second kappa shape index (κ2) is 6.74. The lowest BCUT2D eigenvalue weighted by atomic mass is 10.1. The predicted molar refractivity (Wildman–Crippen MR) is 83.5 cm³/mol. The third-order valence-electron chi connectivity index (χ3n) is 4.08. The summed E-state index contributed by atoms with van der Waals surface area (Å²) in [6, 6.07) is 3.04. The zero-order valence-electron chi connectivity index (χ0n) is 13.2. The second-order valence-electron chi connectivity index (χ2n) is 5.33. The van der Waals surface area contributed by atoms with E-state index in [9.17, 15) is 14.9 Å². The number of hydrogen-bond acceptors (Lipinski definition) is 6. The smallest absolute Gasteiger partial charge is 0.344 e. The zero-order chi connectivity index (χ0) is 16.3. The van der Waals surface area contributed by atoms with Crippen molar-refractivity contribution in [2.75, 3.05) is 44.7 Å². The van der Waals surface area contributed by atoms with Gasteiger partial charge >= 0.3 is 5.97 Å². The molecule has 0 spiro atoms. The summed E-state index contributed by atoms with van der Waals surface area (Å²) in [7, 11) is 1.23. The molecule has 0 N–H and O–H groups in total. The van der Waals surface area contributed by atoms with Crippen molar-refractivity contribution >= 4 is 17.3 Å². The molecule has 0 amide bonds. The molecular formula is C15H21N3O4. The van der Waals surface area contributed by atoms with Crippen molar-refractivity contribution in [3.05, 3.63) is 33.4 Å². The van der Waals surface area contributed by atoms with Crippen molar-refractivity contribution in [3.63, 3.8) is 0 Å². The first kappa shape index (κ1) is 16.2. The third kappa shape index (κ3) is 3.19. The van der Waals surface area contributed by atoms with Gasteiger partial charge in [-0.1, -0.05) is 6.92 Å². The van der Waals surface area contributed by atoms with Crippen molar-refractivity contribution in [2.45, 2.75) is 13.8 Å². The Morgan fingerprint density at radius 3 is 2.45 bits per heavy atom. The predicted octanol–water partition coefficient (Wildman–Crippen LogP) is 1.83. The fourth-order valence-corrected chi connectivity index (χ4v) is 2.75. The molecule has 7 heteroatoms. The Bertz CT molecular complexity index is 580. The van der Waals surface area contributed by atoms with Crippen molar-refractivity contribution in [2.24, 2.45) is 0 Å². The summed E-state index contributed by atoms with van der Waals surface area (Å²) in [6.45, 7) is 8.54. The molecule has 0 aromatic heterocycles. The number of piperazine rings is 1. The van der Waals surface area contributed by atoms with Gasteiger partial charge in [0.25, 0.3) is 5.69 Å². The number of nitro benzene ring substituents is 1. The molecule has 1 fully saturated rings. The molecule has 0 saturated carbocycles. The van der Waals surface area contributed by atoms with E-state index in [2.05, 4.69) is 21.5 Å². The Morgan fingerprint density at radius 1 is 1.32 bits per heavy atom. The molecule has 0 atom stereocenters. The van der Waals surface area contributed by atoms with Gasteiger partial charge in [0.15, 0.2) is 0 Å². The molecule has 1 aliphatic heterocycles. The van der Waals surface area contributed by atoms with Crippen LogP contribution in [0.3, 0.4) is 0 Å². The number of anilines is 1. The topological polar surface area (TPSA) is 75.9 Å². The van der Waals surface area contributed by atoms with Gasteiger partial charge in [-0.25, -0.2) is 4.79 Å². The molecule has 0 radical (unpaired) electrons. The molecule has 1 aromatic carbocycles. The molecule has 0 bridgehead atoms. The van der Waals surface area contributed by atoms with E-state index in [1.54, 1.807) is 6.07 Å². The average molecular weight is 307 g/mol. The number of methoxy groups -OCH3 is 1. The summed E-state index contributed by atoms with van der Waals surface area (Å²) in [5.74, 6) is -0.680. The van der Waals surface area contributed by atoms with Gasteiger partial charge in [0.2, 0.25) is 0 Å². The fraction of sp³-hybridized carbons (Fsp3) is 0.533. The summed E-state index contributed by atoms with van der Waals surface area (Å²) >= 11 is 0. The minimum Gasteiger partial charge on any atom is -0.465 e. The van der Waals surface area contributed by atoms with E-state index in [1.165, 1.54) is 13.2 Å². The van der Waals surface area contributed by atoms with E-state index in [-0.39, 0.29) is 11.3 Å². The zero-order valence-corrected chi connectivity index (χ0v) is 13.2. The van der Waals surface area contributed by atoms with Crippen molar-refractivity contribution < 1.29 is 14.5 Å². The maximum Gasteiger partial charge on any atom is 0.344 e. The number of carbonyl (C=O) groups excluding carboxylic acids is 1. The van der Waals surface area contributed by atoms with Gasteiger partial charge in [-0.05, 0) is 25.1 Å². The summed E-state index contributed by atoms with van der Waals surface area (Å²) in [4.78, 5) is 26.9. The number of nitro groups is 1. The van der Waals surface area contributed by atoms with Crippen LogP contribution in [0.15, 0.2) is 12.1 Å². The Kier molecular flexibility index (Phi) is 4.97. The highest BCUT2D eigenvalue weighted by Gasteiger charge is 2.26. The SMILES string of the molecule is CCN1CCN(c2cc(C(=O)OC)c([N+](=O)[O-])cc2C)CC1. The molecule has 1 aromatic rings. The summed E-state index contributed by atoms with van der Waals surface area (Å²) < 4.78 is 4.67. The van der Waals surface area contributed by atoms with Crippen LogP contribution in [0.5, 0.6) is 0 Å². The van der Waals surface area contributed by atoms with Crippen LogP contribution in [0.25, 0.3) is 0 Å². The molecule has 1 aliphatic rings.